The van der Waals surface area contributed by atoms with Gasteiger partial charge in [0.1, 0.15) is 5.78 Å². The van der Waals surface area contributed by atoms with Gasteiger partial charge in [0.25, 0.3) is 0 Å². The Morgan fingerprint density at radius 2 is 1.80 bits per heavy atom. The Balaban J connectivity index is 2.09. The molecule has 15 heavy (non-hydrogen) atoms. The maximum atomic E-state index is 11.8. The van der Waals surface area contributed by atoms with Crippen molar-refractivity contribution in [2.45, 2.75) is 0 Å². The van der Waals surface area contributed by atoms with E-state index >= 15 is 0 Å². The molecular weight excluding hydrogens is 196 g/mol. The average Bonchev–Trinajstić information content (AvgIpc) is 2.19. The molecule has 2 unspecified atom stereocenters. The molecule has 0 aliphatic carbocycles. The van der Waals surface area contributed by atoms with Crippen molar-refractivity contribution < 1.29 is 14.3 Å². The van der Waals surface area contributed by atoms with Gasteiger partial charge in [0.05, 0.1) is 7.11 Å². The van der Waals surface area contributed by atoms with E-state index < -0.39 is 0 Å². The summed E-state index contributed by atoms with van der Waals surface area (Å²) in [6.45, 7) is 2.52. The fraction of sp³-hybridized carbons (Fsp3) is 0.800. The van der Waals surface area contributed by atoms with Crippen molar-refractivity contribution in [3.63, 3.8) is 0 Å². The zero-order chi connectivity index (χ0) is 11.0. The third-order valence-corrected chi connectivity index (χ3v) is 3.18. The van der Waals surface area contributed by atoms with Gasteiger partial charge in [0.2, 0.25) is 0 Å². The van der Waals surface area contributed by atoms with Crippen LogP contribution in [0.5, 0.6) is 0 Å². The number of Topliss-reactive ketones (excluding diaryl/α,β-unsaturated/α-hetero) is 1. The number of likely N-dealkylation sites (tertiary alicyclic amines) is 2. The van der Waals surface area contributed by atoms with Crippen LogP contribution >= 0.6 is 0 Å². The molecule has 5 nitrogen and oxygen atoms in total. The number of ether oxygens (including phenoxy) is 1. The van der Waals surface area contributed by atoms with Gasteiger partial charge in [-0.3, -0.25) is 4.79 Å². The summed E-state index contributed by atoms with van der Waals surface area (Å²) < 4.78 is 4.68. The number of carbonyl (C=O) groups is 2. The minimum Gasteiger partial charge on any atom is -0.453 e. The summed E-state index contributed by atoms with van der Waals surface area (Å²) in [6, 6.07) is 0. The number of hydrogen-bond donors (Lipinski definition) is 0. The maximum Gasteiger partial charge on any atom is 0.409 e. The summed E-state index contributed by atoms with van der Waals surface area (Å²) in [7, 11) is 3.39. The number of hydrogen-bond acceptors (Lipinski definition) is 4. The van der Waals surface area contributed by atoms with Crippen molar-refractivity contribution in [1.82, 2.24) is 9.80 Å². The van der Waals surface area contributed by atoms with Crippen molar-refractivity contribution in [3.05, 3.63) is 0 Å². The van der Waals surface area contributed by atoms with Gasteiger partial charge < -0.3 is 14.5 Å². The topological polar surface area (TPSA) is 49.9 Å². The minimum atomic E-state index is -0.318. The molecule has 2 saturated heterocycles. The lowest BCUT2D eigenvalue weighted by molar-refractivity contribution is -0.135. The van der Waals surface area contributed by atoms with Crippen LogP contribution in [-0.4, -0.2) is 62.0 Å². The van der Waals surface area contributed by atoms with Gasteiger partial charge in [-0.15, -0.1) is 0 Å². The molecule has 84 valence electrons. The van der Waals surface area contributed by atoms with Crippen LogP contribution < -0.4 is 0 Å². The van der Waals surface area contributed by atoms with Gasteiger partial charge in [-0.2, -0.15) is 0 Å². The van der Waals surface area contributed by atoms with Crippen molar-refractivity contribution in [1.29, 1.82) is 0 Å². The number of ketones is 1. The molecule has 5 heteroatoms. The summed E-state index contributed by atoms with van der Waals surface area (Å²) in [5.41, 5.74) is 0. The van der Waals surface area contributed by atoms with E-state index in [0.717, 1.165) is 13.1 Å². The lowest BCUT2D eigenvalue weighted by Crippen LogP contribution is -2.58. The predicted octanol–water partition coefficient (Wildman–Crippen LogP) is -0.185. The monoisotopic (exact) mass is 212 g/mol. The van der Waals surface area contributed by atoms with E-state index in [-0.39, 0.29) is 17.9 Å². The Morgan fingerprint density at radius 1 is 1.27 bits per heavy atom. The van der Waals surface area contributed by atoms with Gasteiger partial charge in [0.15, 0.2) is 0 Å². The normalized spacial score (nSPS) is 31.6. The first-order chi connectivity index (χ1) is 7.11. The molecule has 0 aromatic carbocycles. The maximum absolute atomic E-state index is 11.8. The zero-order valence-corrected chi connectivity index (χ0v) is 9.10. The highest BCUT2D eigenvalue weighted by molar-refractivity contribution is 5.87. The Hall–Kier alpha value is -1.10. The molecule has 0 saturated carbocycles. The zero-order valence-electron chi connectivity index (χ0n) is 9.10. The van der Waals surface area contributed by atoms with Crippen molar-refractivity contribution in [3.8, 4) is 0 Å². The van der Waals surface area contributed by atoms with E-state index in [2.05, 4.69) is 9.64 Å². The van der Waals surface area contributed by atoms with E-state index in [1.54, 1.807) is 4.90 Å². The fourth-order valence-electron chi connectivity index (χ4n) is 2.52. The molecule has 2 aliphatic rings. The Kier molecular flexibility index (Phi) is 2.65. The summed E-state index contributed by atoms with van der Waals surface area (Å²) in [4.78, 5) is 27.0. The SMILES string of the molecule is COC(=O)N1CC2CN(C)CC(C1)C2=O. The molecular formula is C10H16N2O3. The molecule has 2 heterocycles. The smallest absolute Gasteiger partial charge is 0.409 e. The van der Waals surface area contributed by atoms with Gasteiger partial charge in [-0.1, -0.05) is 0 Å². The fourth-order valence-corrected chi connectivity index (χ4v) is 2.52. The predicted molar refractivity (Wildman–Crippen MR) is 53.5 cm³/mol. The first kappa shape index (κ1) is 10.4. The molecule has 2 bridgehead atoms. The second-order valence-electron chi connectivity index (χ2n) is 4.39. The third-order valence-electron chi connectivity index (χ3n) is 3.18. The largest absolute Gasteiger partial charge is 0.453 e. The van der Waals surface area contributed by atoms with E-state index in [1.807, 2.05) is 7.05 Å². The molecule has 1 amide bonds. The van der Waals surface area contributed by atoms with Crippen LogP contribution in [-0.2, 0) is 9.53 Å². The van der Waals surface area contributed by atoms with Crippen molar-refractivity contribution >= 4 is 11.9 Å². The molecule has 2 rings (SSSR count). The standard InChI is InChI=1S/C10H16N2O3/c1-11-3-7-5-12(10(14)15-2)6-8(4-11)9(7)13/h7-8H,3-6H2,1-2H3. The highest BCUT2D eigenvalue weighted by Crippen LogP contribution is 2.24. The van der Waals surface area contributed by atoms with Gasteiger partial charge in [-0.25, -0.2) is 4.79 Å². The number of fused-ring (bicyclic) bond motifs is 2. The van der Waals surface area contributed by atoms with E-state index in [4.69, 9.17) is 0 Å². The molecule has 0 radical (unpaired) electrons. The van der Waals surface area contributed by atoms with E-state index in [0.29, 0.717) is 18.9 Å². The van der Waals surface area contributed by atoms with Crippen molar-refractivity contribution in [2.24, 2.45) is 11.8 Å². The van der Waals surface area contributed by atoms with E-state index in [1.165, 1.54) is 7.11 Å². The van der Waals surface area contributed by atoms with Crippen LogP contribution in [0, 0.1) is 11.8 Å². The van der Waals surface area contributed by atoms with Gasteiger partial charge in [-0.05, 0) is 7.05 Å². The van der Waals surface area contributed by atoms with Crippen LogP contribution in [0.3, 0.4) is 0 Å². The number of carbonyl (C=O) groups excluding carboxylic acids is 2. The summed E-state index contributed by atoms with van der Waals surface area (Å²) >= 11 is 0. The Morgan fingerprint density at radius 3 is 2.27 bits per heavy atom. The van der Waals surface area contributed by atoms with Gasteiger partial charge in [0, 0.05) is 38.0 Å². The summed E-state index contributed by atoms with van der Waals surface area (Å²) in [6.07, 6.45) is -0.318. The number of nitrogens with zero attached hydrogens (tertiary/aromatic N) is 2. The first-order valence-electron chi connectivity index (χ1n) is 5.17. The Labute approximate surface area is 89.0 Å². The summed E-state index contributed by atoms with van der Waals surface area (Å²) in [5, 5.41) is 0. The highest BCUT2D eigenvalue weighted by atomic mass is 16.5. The second-order valence-corrected chi connectivity index (χ2v) is 4.39. The quantitative estimate of drug-likeness (QED) is 0.558. The number of rotatable bonds is 0. The second kappa shape index (κ2) is 3.81. The Bertz CT molecular complexity index is 274. The lowest BCUT2D eigenvalue weighted by Gasteiger charge is -2.42. The molecule has 0 spiro atoms. The number of methoxy groups -OCH3 is 1. The van der Waals surface area contributed by atoms with Crippen LogP contribution in [0.2, 0.25) is 0 Å². The highest BCUT2D eigenvalue weighted by Gasteiger charge is 2.41. The van der Waals surface area contributed by atoms with Crippen LogP contribution in [0.25, 0.3) is 0 Å². The van der Waals surface area contributed by atoms with Crippen LogP contribution in [0.15, 0.2) is 0 Å². The summed E-state index contributed by atoms with van der Waals surface area (Å²) in [5.74, 6) is 0.261. The molecule has 0 aromatic rings. The van der Waals surface area contributed by atoms with Crippen LogP contribution in [0.4, 0.5) is 4.79 Å². The number of piperidine rings is 2. The van der Waals surface area contributed by atoms with Gasteiger partial charge >= 0.3 is 6.09 Å². The molecule has 2 fully saturated rings. The first-order valence-corrected chi connectivity index (χ1v) is 5.17. The van der Waals surface area contributed by atoms with Crippen molar-refractivity contribution in [2.75, 3.05) is 40.3 Å². The molecule has 0 N–H and O–H groups in total. The lowest BCUT2D eigenvalue weighted by atomic mass is 9.83. The third kappa shape index (κ3) is 1.84. The molecule has 0 aromatic heterocycles. The molecule has 2 aliphatic heterocycles. The number of amides is 1. The van der Waals surface area contributed by atoms with E-state index in [9.17, 15) is 9.59 Å². The minimum absolute atomic E-state index is 0.0263. The average molecular weight is 212 g/mol. The molecule has 2 atom stereocenters. The van der Waals surface area contributed by atoms with Crippen LogP contribution in [0.1, 0.15) is 0 Å².